The lowest BCUT2D eigenvalue weighted by Crippen LogP contribution is -2.19. The second-order valence-electron chi connectivity index (χ2n) is 4.33. The van der Waals surface area contributed by atoms with Gasteiger partial charge in [0.2, 0.25) is 0 Å². The molecule has 0 unspecified atom stereocenters. The molecule has 1 rings (SSSR count). The van der Waals surface area contributed by atoms with Gasteiger partial charge in [0.05, 0.1) is 7.11 Å². The zero-order chi connectivity index (χ0) is 12.7. The first kappa shape index (κ1) is 14.0. The quantitative estimate of drug-likeness (QED) is 0.711. The number of aryl methyl sites for hydroxylation is 2. The minimum Gasteiger partial charge on any atom is -0.496 e. The summed E-state index contributed by atoms with van der Waals surface area (Å²) in [6, 6.07) is 4.29. The molecule has 3 heteroatoms. The molecule has 0 aromatic heterocycles. The molecular formula is C14H23NO2. The van der Waals surface area contributed by atoms with Crippen LogP contribution in [-0.2, 0) is 6.42 Å². The van der Waals surface area contributed by atoms with E-state index in [1.165, 1.54) is 16.7 Å². The van der Waals surface area contributed by atoms with Crippen molar-refractivity contribution in [3.63, 3.8) is 0 Å². The van der Waals surface area contributed by atoms with Crippen molar-refractivity contribution in [1.29, 1.82) is 0 Å². The number of aliphatic hydroxyl groups is 1. The van der Waals surface area contributed by atoms with E-state index in [4.69, 9.17) is 9.84 Å². The standard InChI is InChI=1S/C14H23NO2/c1-11-9-13(5-7-15-6-4-8-16)14(17-3)10-12(11)2/h9-10,15-16H,4-8H2,1-3H3. The minimum absolute atomic E-state index is 0.250. The second-order valence-corrected chi connectivity index (χ2v) is 4.33. The van der Waals surface area contributed by atoms with Gasteiger partial charge in [-0.3, -0.25) is 0 Å². The third kappa shape index (κ3) is 4.36. The van der Waals surface area contributed by atoms with E-state index in [0.717, 1.165) is 31.7 Å². The van der Waals surface area contributed by atoms with E-state index in [2.05, 4.69) is 31.3 Å². The van der Waals surface area contributed by atoms with E-state index in [-0.39, 0.29) is 6.61 Å². The van der Waals surface area contributed by atoms with E-state index < -0.39 is 0 Å². The zero-order valence-electron chi connectivity index (χ0n) is 11.0. The maximum absolute atomic E-state index is 8.67. The number of hydrogen-bond donors (Lipinski definition) is 2. The number of nitrogens with one attached hydrogen (secondary N) is 1. The molecule has 2 N–H and O–H groups in total. The lowest BCUT2D eigenvalue weighted by molar-refractivity contribution is 0.286. The summed E-state index contributed by atoms with van der Waals surface area (Å²) in [5, 5.41) is 12.0. The Morgan fingerprint density at radius 1 is 1.18 bits per heavy atom. The molecule has 1 aromatic carbocycles. The van der Waals surface area contributed by atoms with Crippen molar-refractivity contribution in [3.05, 3.63) is 28.8 Å². The van der Waals surface area contributed by atoms with E-state index in [1.807, 2.05) is 0 Å². The molecule has 0 bridgehead atoms. The van der Waals surface area contributed by atoms with Crippen LogP contribution in [-0.4, -0.2) is 31.9 Å². The minimum atomic E-state index is 0.250. The average Bonchev–Trinajstić information content (AvgIpc) is 2.33. The predicted molar refractivity (Wildman–Crippen MR) is 70.7 cm³/mol. The lowest BCUT2D eigenvalue weighted by Gasteiger charge is -2.12. The average molecular weight is 237 g/mol. The fraction of sp³-hybridized carbons (Fsp3) is 0.571. The monoisotopic (exact) mass is 237 g/mol. The smallest absolute Gasteiger partial charge is 0.122 e. The third-order valence-electron chi connectivity index (χ3n) is 2.98. The van der Waals surface area contributed by atoms with Crippen LogP contribution >= 0.6 is 0 Å². The van der Waals surface area contributed by atoms with Crippen molar-refractivity contribution < 1.29 is 9.84 Å². The number of aliphatic hydroxyl groups excluding tert-OH is 1. The summed E-state index contributed by atoms with van der Waals surface area (Å²) in [5.41, 5.74) is 3.81. The molecular weight excluding hydrogens is 214 g/mol. The van der Waals surface area contributed by atoms with E-state index in [1.54, 1.807) is 7.11 Å². The summed E-state index contributed by atoms with van der Waals surface area (Å²) < 4.78 is 5.39. The van der Waals surface area contributed by atoms with Gasteiger partial charge in [0.25, 0.3) is 0 Å². The van der Waals surface area contributed by atoms with Gasteiger partial charge in [0.1, 0.15) is 5.75 Å². The molecule has 0 amide bonds. The van der Waals surface area contributed by atoms with E-state index in [0.29, 0.717) is 0 Å². The fourth-order valence-electron chi connectivity index (χ4n) is 1.79. The van der Waals surface area contributed by atoms with Crippen LogP contribution in [0, 0.1) is 13.8 Å². The Hall–Kier alpha value is -1.06. The van der Waals surface area contributed by atoms with Crippen LogP contribution in [0.2, 0.25) is 0 Å². The van der Waals surface area contributed by atoms with Gasteiger partial charge in [-0.25, -0.2) is 0 Å². The number of methoxy groups -OCH3 is 1. The third-order valence-corrected chi connectivity index (χ3v) is 2.98. The highest BCUT2D eigenvalue weighted by Crippen LogP contribution is 2.23. The van der Waals surface area contributed by atoms with Crippen LogP contribution in [0.3, 0.4) is 0 Å². The molecule has 0 saturated carbocycles. The summed E-state index contributed by atoms with van der Waals surface area (Å²) in [6.45, 7) is 6.25. The van der Waals surface area contributed by atoms with Gasteiger partial charge in [-0.2, -0.15) is 0 Å². The summed E-state index contributed by atoms with van der Waals surface area (Å²) in [5.74, 6) is 0.969. The number of ether oxygens (including phenoxy) is 1. The van der Waals surface area contributed by atoms with Crippen LogP contribution in [0.1, 0.15) is 23.1 Å². The predicted octanol–water partition coefficient (Wildman–Crippen LogP) is 1.83. The number of hydrogen-bond acceptors (Lipinski definition) is 3. The van der Waals surface area contributed by atoms with Crippen LogP contribution in [0.15, 0.2) is 12.1 Å². The Labute approximate surface area is 104 Å². The molecule has 3 nitrogen and oxygen atoms in total. The zero-order valence-corrected chi connectivity index (χ0v) is 11.0. The maximum atomic E-state index is 8.67. The largest absolute Gasteiger partial charge is 0.496 e. The Kier molecular flexibility index (Phi) is 6.01. The van der Waals surface area contributed by atoms with Gasteiger partial charge in [0, 0.05) is 6.61 Å². The van der Waals surface area contributed by atoms with Crippen LogP contribution in [0.25, 0.3) is 0 Å². The molecule has 0 radical (unpaired) electrons. The number of benzene rings is 1. The van der Waals surface area contributed by atoms with Crippen molar-refractivity contribution >= 4 is 0 Å². The van der Waals surface area contributed by atoms with Gasteiger partial charge in [-0.15, -0.1) is 0 Å². The summed E-state index contributed by atoms with van der Waals surface area (Å²) in [6.07, 6.45) is 1.76. The van der Waals surface area contributed by atoms with Gasteiger partial charge < -0.3 is 15.2 Å². The Balaban J connectivity index is 2.54. The van der Waals surface area contributed by atoms with Crippen LogP contribution < -0.4 is 10.1 Å². The molecule has 0 spiro atoms. The molecule has 0 fully saturated rings. The Morgan fingerprint density at radius 2 is 1.88 bits per heavy atom. The van der Waals surface area contributed by atoms with Crippen LogP contribution in [0.5, 0.6) is 5.75 Å². The molecule has 0 aliphatic carbocycles. The second kappa shape index (κ2) is 7.30. The highest BCUT2D eigenvalue weighted by atomic mass is 16.5. The molecule has 0 aliphatic rings. The fourth-order valence-corrected chi connectivity index (χ4v) is 1.79. The summed E-state index contributed by atoms with van der Waals surface area (Å²) in [4.78, 5) is 0. The summed E-state index contributed by atoms with van der Waals surface area (Å²) in [7, 11) is 1.72. The van der Waals surface area contributed by atoms with Crippen molar-refractivity contribution in [2.45, 2.75) is 26.7 Å². The first-order chi connectivity index (χ1) is 8.19. The van der Waals surface area contributed by atoms with Crippen molar-refractivity contribution in [2.24, 2.45) is 0 Å². The van der Waals surface area contributed by atoms with Crippen LogP contribution in [0.4, 0.5) is 0 Å². The van der Waals surface area contributed by atoms with Gasteiger partial charge in [0.15, 0.2) is 0 Å². The van der Waals surface area contributed by atoms with E-state index >= 15 is 0 Å². The van der Waals surface area contributed by atoms with Gasteiger partial charge in [-0.05, 0) is 62.5 Å². The topological polar surface area (TPSA) is 41.5 Å². The molecule has 0 atom stereocenters. The lowest BCUT2D eigenvalue weighted by atomic mass is 10.0. The molecule has 0 aliphatic heterocycles. The van der Waals surface area contributed by atoms with Gasteiger partial charge >= 0.3 is 0 Å². The SMILES string of the molecule is COc1cc(C)c(C)cc1CCNCCCO. The van der Waals surface area contributed by atoms with Crippen molar-refractivity contribution in [1.82, 2.24) is 5.32 Å². The van der Waals surface area contributed by atoms with Crippen molar-refractivity contribution in [2.75, 3.05) is 26.8 Å². The molecule has 0 saturated heterocycles. The molecule has 96 valence electrons. The van der Waals surface area contributed by atoms with Gasteiger partial charge in [-0.1, -0.05) is 6.07 Å². The highest BCUT2D eigenvalue weighted by molar-refractivity contribution is 5.41. The Bertz CT molecular complexity index is 350. The number of rotatable bonds is 7. The first-order valence-electron chi connectivity index (χ1n) is 6.14. The first-order valence-corrected chi connectivity index (χ1v) is 6.14. The highest BCUT2D eigenvalue weighted by Gasteiger charge is 2.05. The Morgan fingerprint density at radius 3 is 2.53 bits per heavy atom. The summed E-state index contributed by atoms with van der Waals surface area (Å²) >= 11 is 0. The molecule has 1 aromatic rings. The van der Waals surface area contributed by atoms with E-state index in [9.17, 15) is 0 Å². The molecule has 0 heterocycles. The maximum Gasteiger partial charge on any atom is 0.122 e. The normalized spacial score (nSPS) is 10.6. The van der Waals surface area contributed by atoms with Crippen molar-refractivity contribution in [3.8, 4) is 5.75 Å². The molecule has 17 heavy (non-hydrogen) atoms.